The third-order valence-electron chi connectivity index (χ3n) is 4.28. The lowest BCUT2D eigenvalue weighted by Gasteiger charge is -2.10. The van der Waals surface area contributed by atoms with E-state index >= 15 is 0 Å². The minimum absolute atomic E-state index is 0.0322. The van der Waals surface area contributed by atoms with Gasteiger partial charge >= 0.3 is 0 Å². The molecule has 0 aromatic carbocycles. The molecule has 3 N–H and O–H groups in total. The lowest BCUT2D eigenvalue weighted by molar-refractivity contribution is -0.113. The number of furan rings is 1. The molecule has 0 aliphatic rings. The Morgan fingerprint density at radius 2 is 2.17 bits per heavy atom. The number of thioether (sulfide) groups is 1. The number of fused-ring (bicyclic) bond motifs is 1. The molecule has 0 saturated carbocycles. The maximum absolute atomic E-state index is 13.1. The van der Waals surface area contributed by atoms with E-state index in [1.807, 2.05) is 12.3 Å². The van der Waals surface area contributed by atoms with Crippen molar-refractivity contribution in [1.29, 1.82) is 0 Å². The number of hydrogen-bond acceptors (Lipinski definition) is 8. The topological polar surface area (TPSA) is 120 Å². The Balaban J connectivity index is 1.58. The Morgan fingerprint density at radius 3 is 2.87 bits per heavy atom. The summed E-state index contributed by atoms with van der Waals surface area (Å²) in [5.41, 5.74) is 6.11. The van der Waals surface area contributed by atoms with Crippen molar-refractivity contribution in [3.8, 4) is 11.3 Å². The predicted molar refractivity (Wildman–Crippen MR) is 119 cm³/mol. The molecule has 8 nitrogen and oxygen atoms in total. The summed E-state index contributed by atoms with van der Waals surface area (Å²) in [4.78, 5) is 42.1. The molecule has 30 heavy (non-hydrogen) atoms. The van der Waals surface area contributed by atoms with E-state index in [9.17, 15) is 14.4 Å². The second kappa shape index (κ2) is 8.46. The molecule has 0 bridgehead atoms. The number of rotatable bonds is 7. The molecule has 4 rings (SSSR count). The van der Waals surface area contributed by atoms with Crippen LogP contribution in [0.3, 0.4) is 0 Å². The average Bonchev–Trinajstić information content (AvgIpc) is 3.46. The zero-order valence-corrected chi connectivity index (χ0v) is 18.2. The largest absolute Gasteiger partial charge is 0.464 e. The molecule has 0 spiro atoms. The summed E-state index contributed by atoms with van der Waals surface area (Å²) in [6.07, 6.45) is 1.56. The van der Waals surface area contributed by atoms with E-state index in [-0.39, 0.29) is 22.8 Å². The summed E-state index contributed by atoms with van der Waals surface area (Å²) in [5, 5.41) is 7.59. The number of aromatic nitrogens is 2. The monoisotopic (exact) mass is 460 g/mol. The van der Waals surface area contributed by atoms with Gasteiger partial charge in [-0.15, -0.1) is 22.7 Å². The molecule has 0 aliphatic heterocycles. The third-order valence-corrected chi connectivity index (χ3v) is 6.96. The van der Waals surface area contributed by atoms with Gasteiger partial charge in [-0.1, -0.05) is 11.8 Å². The smallest absolute Gasteiger partial charge is 0.263 e. The van der Waals surface area contributed by atoms with Crippen molar-refractivity contribution in [2.45, 2.75) is 18.6 Å². The highest BCUT2D eigenvalue weighted by Crippen LogP contribution is 2.32. The molecular weight excluding hydrogens is 444 g/mol. The van der Waals surface area contributed by atoms with E-state index in [4.69, 9.17) is 10.2 Å². The van der Waals surface area contributed by atoms with Gasteiger partial charge in [0.05, 0.1) is 23.0 Å². The zero-order chi connectivity index (χ0) is 21.3. The molecule has 4 aromatic rings. The molecule has 4 heterocycles. The highest BCUT2D eigenvalue weighted by atomic mass is 32.2. The summed E-state index contributed by atoms with van der Waals surface area (Å²) in [6, 6.07) is 5.13. The van der Waals surface area contributed by atoms with Crippen molar-refractivity contribution in [1.82, 2.24) is 9.55 Å². The number of amides is 2. The number of primary amides is 1. The fourth-order valence-corrected chi connectivity index (χ4v) is 5.54. The van der Waals surface area contributed by atoms with Crippen molar-refractivity contribution in [2.24, 2.45) is 5.73 Å². The van der Waals surface area contributed by atoms with Crippen LogP contribution in [0.2, 0.25) is 0 Å². The van der Waals surface area contributed by atoms with Gasteiger partial charge in [0, 0.05) is 17.5 Å². The van der Waals surface area contributed by atoms with Gasteiger partial charge in [-0.2, -0.15) is 0 Å². The van der Waals surface area contributed by atoms with Crippen LogP contribution in [0.4, 0.5) is 5.00 Å². The quantitative estimate of drug-likeness (QED) is 0.321. The van der Waals surface area contributed by atoms with E-state index in [0.29, 0.717) is 38.2 Å². The minimum Gasteiger partial charge on any atom is -0.464 e. The Kier molecular flexibility index (Phi) is 5.75. The number of nitrogens with zero attached hydrogens (tertiary/aromatic N) is 2. The normalized spacial score (nSPS) is 11.1. The molecule has 4 aromatic heterocycles. The summed E-state index contributed by atoms with van der Waals surface area (Å²) in [5.74, 6) is -0.269. The molecule has 0 radical (unpaired) electrons. The minimum atomic E-state index is -0.601. The van der Waals surface area contributed by atoms with Crippen molar-refractivity contribution >= 4 is 61.5 Å². The van der Waals surface area contributed by atoms with Crippen LogP contribution in [0.5, 0.6) is 0 Å². The fraction of sp³-hybridized carbons (Fsp3) is 0.158. The van der Waals surface area contributed by atoms with Gasteiger partial charge < -0.3 is 15.5 Å². The predicted octanol–water partition coefficient (Wildman–Crippen LogP) is 3.63. The lowest BCUT2D eigenvalue weighted by Crippen LogP contribution is -2.23. The SMILES string of the molecule is CCn1c(SCC(=O)Nc2sccc2C(N)=O)nc2scc(-c3ccco3)c2c1=O. The van der Waals surface area contributed by atoms with Gasteiger partial charge in [-0.25, -0.2) is 4.98 Å². The van der Waals surface area contributed by atoms with E-state index in [0.717, 1.165) is 11.8 Å². The lowest BCUT2D eigenvalue weighted by atomic mass is 10.2. The third kappa shape index (κ3) is 3.78. The van der Waals surface area contributed by atoms with Crippen molar-refractivity contribution in [2.75, 3.05) is 11.1 Å². The maximum atomic E-state index is 13.1. The van der Waals surface area contributed by atoms with E-state index < -0.39 is 5.91 Å². The number of nitrogens with one attached hydrogen (secondary N) is 1. The first-order chi connectivity index (χ1) is 14.5. The van der Waals surface area contributed by atoms with Gasteiger partial charge in [-0.3, -0.25) is 19.0 Å². The molecule has 0 fully saturated rings. The van der Waals surface area contributed by atoms with Crippen LogP contribution in [0.15, 0.2) is 49.6 Å². The van der Waals surface area contributed by atoms with Crippen LogP contribution in [0.1, 0.15) is 17.3 Å². The molecule has 0 aliphatic carbocycles. The van der Waals surface area contributed by atoms with Crippen LogP contribution in [0.25, 0.3) is 21.5 Å². The molecule has 0 unspecified atom stereocenters. The molecular formula is C19H16N4O4S3. The Hall–Kier alpha value is -2.89. The first-order valence-electron chi connectivity index (χ1n) is 8.85. The number of anilines is 1. The van der Waals surface area contributed by atoms with Crippen LogP contribution in [-0.4, -0.2) is 27.1 Å². The van der Waals surface area contributed by atoms with Crippen LogP contribution in [0, 0.1) is 0 Å². The molecule has 2 amide bonds. The number of carbonyl (C=O) groups excluding carboxylic acids is 2. The summed E-state index contributed by atoms with van der Waals surface area (Å²) in [6.45, 7) is 2.26. The van der Waals surface area contributed by atoms with Gasteiger partial charge in [0.1, 0.15) is 15.6 Å². The van der Waals surface area contributed by atoms with Gasteiger partial charge in [0.2, 0.25) is 5.91 Å². The first-order valence-corrected chi connectivity index (χ1v) is 11.6. The molecule has 0 atom stereocenters. The van der Waals surface area contributed by atoms with Crippen LogP contribution < -0.4 is 16.6 Å². The summed E-state index contributed by atoms with van der Waals surface area (Å²) in [7, 11) is 0. The highest BCUT2D eigenvalue weighted by Gasteiger charge is 2.19. The van der Waals surface area contributed by atoms with Crippen LogP contribution in [-0.2, 0) is 11.3 Å². The highest BCUT2D eigenvalue weighted by molar-refractivity contribution is 7.99. The average molecular weight is 461 g/mol. The number of thiophene rings is 2. The standard InChI is InChI=1S/C19H16N4O4S3/c1-2-23-18(26)14-11(12-4-3-6-27-12)8-29-17(14)22-19(23)30-9-13(24)21-16-10(15(20)25)5-7-28-16/h3-8H,2,9H2,1H3,(H2,20,25)(H,21,24). The van der Waals surface area contributed by atoms with Gasteiger partial charge in [0.25, 0.3) is 11.5 Å². The van der Waals surface area contributed by atoms with Crippen molar-refractivity contribution < 1.29 is 14.0 Å². The molecule has 11 heteroatoms. The Bertz CT molecular complexity index is 1290. The second-order valence-corrected chi connectivity index (χ2v) is 8.83. The van der Waals surface area contributed by atoms with Crippen molar-refractivity contribution in [3.05, 3.63) is 51.1 Å². The van der Waals surface area contributed by atoms with Gasteiger partial charge in [0.15, 0.2) is 5.16 Å². The van der Waals surface area contributed by atoms with E-state index in [2.05, 4.69) is 10.3 Å². The first kappa shape index (κ1) is 20.4. The Morgan fingerprint density at radius 1 is 1.33 bits per heavy atom. The Labute approximate surface area is 182 Å². The zero-order valence-electron chi connectivity index (χ0n) is 15.7. The number of carbonyl (C=O) groups is 2. The second-order valence-electron chi connectivity index (χ2n) is 6.12. The maximum Gasteiger partial charge on any atom is 0.263 e. The number of nitrogens with two attached hydrogens (primary N) is 1. The fourth-order valence-electron chi connectivity index (χ4n) is 2.90. The van der Waals surface area contributed by atoms with E-state index in [1.54, 1.807) is 34.4 Å². The summed E-state index contributed by atoms with van der Waals surface area (Å²) >= 11 is 3.74. The molecule has 0 saturated heterocycles. The summed E-state index contributed by atoms with van der Waals surface area (Å²) < 4.78 is 6.98. The van der Waals surface area contributed by atoms with Gasteiger partial charge in [-0.05, 0) is 30.5 Å². The van der Waals surface area contributed by atoms with E-state index in [1.165, 1.54) is 22.7 Å². The number of hydrogen-bond donors (Lipinski definition) is 2. The molecule has 154 valence electrons. The van der Waals surface area contributed by atoms with Crippen LogP contribution >= 0.6 is 34.4 Å². The van der Waals surface area contributed by atoms with Crippen molar-refractivity contribution in [3.63, 3.8) is 0 Å².